The minimum absolute atomic E-state index is 0.144. The highest BCUT2D eigenvalue weighted by molar-refractivity contribution is 6.18. The molecule has 33 heavy (non-hydrogen) atoms. The van der Waals surface area contributed by atoms with E-state index < -0.39 is 6.10 Å². The lowest BCUT2D eigenvalue weighted by Crippen LogP contribution is -2.43. The van der Waals surface area contributed by atoms with E-state index in [2.05, 4.69) is 60.5 Å². The van der Waals surface area contributed by atoms with Crippen LogP contribution in [0.5, 0.6) is 11.5 Å². The molecule has 1 heterocycles. The van der Waals surface area contributed by atoms with Gasteiger partial charge in [0.05, 0.1) is 12.5 Å². The molecule has 6 heteroatoms. The van der Waals surface area contributed by atoms with Crippen molar-refractivity contribution in [1.82, 2.24) is 10.2 Å². The van der Waals surface area contributed by atoms with E-state index in [1.54, 1.807) is 0 Å². The van der Waals surface area contributed by atoms with Gasteiger partial charge in [0.1, 0.15) is 24.2 Å². The Bertz CT molecular complexity index is 775. The molecule has 0 radical (unpaired) electrons. The van der Waals surface area contributed by atoms with Crippen LogP contribution >= 0.6 is 11.6 Å². The number of hydrogen-bond donors (Lipinski definition) is 2. The second-order valence-electron chi connectivity index (χ2n) is 8.59. The third-order valence-electron chi connectivity index (χ3n) is 5.87. The molecule has 3 rings (SSSR count). The molecule has 5 nitrogen and oxygen atoms in total. The van der Waals surface area contributed by atoms with E-state index in [1.165, 1.54) is 11.1 Å². The summed E-state index contributed by atoms with van der Waals surface area (Å²) >= 11 is 5.61. The predicted molar refractivity (Wildman–Crippen MR) is 138 cm³/mol. The van der Waals surface area contributed by atoms with Crippen molar-refractivity contribution in [3.05, 3.63) is 59.7 Å². The average molecular weight is 477 g/mol. The Kier molecular flexibility index (Phi) is 12.0. The van der Waals surface area contributed by atoms with Crippen molar-refractivity contribution in [1.29, 1.82) is 0 Å². The van der Waals surface area contributed by atoms with Crippen LogP contribution in [0.4, 0.5) is 0 Å². The fraction of sp³-hybridized carbons (Fsp3) is 0.556. The Balaban J connectivity index is 0.00000187. The first kappa shape index (κ1) is 27.5. The molecular weight excluding hydrogens is 436 g/mol. The summed E-state index contributed by atoms with van der Waals surface area (Å²) in [7, 11) is 0. The van der Waals surface area contributed by atoms with Gasteiger partial charge in [0.2, 0.25) is 0 Å². The maximum absolute atomic E-state index is 9.53. The number of hydrogen-bond acceptors (Lipinski definition) is 5. The van der Waals surface area contributed by atoms with E-state index >= 15 is 0 Å². The molecule has 0 amide bonds. The monoisotopic (exact) mass is 476 g/mol. The van der Waals surface area contributed by atoms with Crippen LogP contribution in [0.25, 0.3) is 0 Å². The average Bonchev–Trinajstić information content (AvgIpc) is 2.87. The number of aliphatic hydroxyl groups excluding tert-OH is 1. The van der Waals surface area contributed by atoms with Crippen LogP contribution in [0.2, 0.25) is 0 Å². The summed E-state index contributed by atoms with van der Waals surface area (Å²) in [5, 5.41) is 12.9. The van der Waals surface area contributed by atoms with Crippen LogP contribution in [0.3, 0.4) is 0 Å². The normalized spacial score (nSPS) is 15.3. The number of alkyl halides is 1. The fourth-order valence-electron chi connectivity index (χ4n) is 3.75. The van der Waals surface area contributed by atoms with Crippen LogP contribution in [-0.2, 0) is 5.41 Å². The largest absolute Gasteiger partial charge is 0.494 e. The molecule has 0 bridgehead atoms. The number of ether oxygens (including phenoxy) is 2. The third kappa shape index (κ3) is 8.82. The molecule has 2 N–H and O–H groups in total. The van der Waals surface area contributed by atoms with Gasteiger partial charge in [-0.3, -0.25) is 0 Å². The van der Waals surface area contributed by atoms with Gasteiger partial charge in [0, 0.05) is 38.1 Å². The molecule has 2 aromatic carbocycles. The summed E-state index contributed by atoms with van der Waals surface area (Å²) < 4.78 is 11.5. The second kappa shape index (κ2) is 14.5. The molecule has 1 fully saturated rings. The minimum Gasteiger partial charge on any atom is -0.494 e. The Morgan fingerprint density at radius 3 is 1.97 bits per heavy atom. The van der Waals surface area contributed by atoms with Gasteiger partial charge in [-0.1, -0.05) is 52.0 Å². The quantitative estimate of drug-likeness (QED) is 0.364. The molecule has 1 unspecified atom stereocenters. The minimum atomic E-state index is -0.652. The molecule has 1 atom stereocenters. The van der Waals surface area contributed by atoms with Gasteiger partial charge >= 0.3 is 0 Å². The number of halogens is 1. The van der Waals surface area contributed by atoms with E-state index in [1.807, 2.05) is 26.0 Å². The molecule has 1 aliphatic rings. The number of aliphatic hydroxyl groups is 1. The highest BCUT2D eigenvalue weighted by atomic mass is 35.5. The van der Waals surface area contributed by atoms with Gasteiger partial charge in [-0.05, 0) is 41.8 Å². The van der Waals surface area contributed by atoms with Crippen LogP contribution < -0.4 is 14.8 Å². The molecule has 1 aliphatic heterocycles. The Morgan fingerprint density at radius 2 is 1.45 bits per heavy atom. The summed E-state index contributed by atoms with van der Waals surface area (Å²) in [4.78, 5) is 2.49. The van der Waals surface area contributed by atoms with Crippen molar-refractivity contribution >= 4 is 11.6 Å². The Morgan fingerprint density at radius 1 is 0.939 bits per heavy atom. The first-order valence-electron chi connectivity index (χ1n) is 12.1. The predicted octanol–water partition coefficient (Wildman–Crippen LogP) is 4.69. The highest BCUT2D eigenvalue weighted by Crippen LogP contribution is 2.33. The molecule has 184 valence electrons. The zero-order valence-corrected chi connectivity index (χ0v) is 21.4. The fourth-order valence-corrected chi connectivity index (χ4v) is 3.84. The van der Waals surface area contributed by atoms with Crippen molar-refractivity contribution in [2.75, 3.05) is 51.8 Å². The number of rotatable bonds is 11. The number of benzene rings is 2. The van der Waals surface area contributed by atoms with Crippen molar-refractivity contribution in [2.45, 2.75) is 45.6 Å². The second-order valence-corrected chi connectivity index (χ2v) is 8.90. The van der Waals surface area contributed by atoms with Gasteiger partial charge in [-0.2, -0.15) is 0 Å². The highest BCUT2D eigenvalue weighted by Gasteiger charge is 2.23. The van der Waals surface area contributed by atoms with E-state index in [9.17, 15) is 5.11 Å². The smallest absolute Gasteiger partial charge is 0.119 e. The first-order chi connectivity index (χ1) is 16.0. The zero-order chi connectivity index (χ0) is 24.1. The van der Waals surface area contributed by atoms with E-state index in [4.69, 9.17) is 21.1 Å². The number of piperazine rings is 1. The van der Waals surface area contributed by atoms with Gasteiger partial charge in [-0.25, -0.2) is 0 Å². The van der Waals surface area contributed by atoms with E-state index in [0.717, 1.165) is 57.3 Å². The van der Waals surface area contributed by atoms with E-state index in [0.29, 0.717) is 0 Å². The van der Waals surface area contributed by atoms with Crippen LogP contribution in [0.15, 0.2) is 48.5 Å². The van der Waals surface area contributed by atoms with Crippen molar-refractivity contribution in [2.24, 2.45) is 0 Å². The molecule has 0 aromatic heterocycles. The van der Waals surface area contributed by atoms with E-state index in [-0.39, 0.29) is 17.9 Å². The SMILES string of the molecule is CC.CC(C)(c1ccc(OCCCN2CCNCC2)cc1)c1ccc(OCC(O)CCl)cc1. The molecule has 2 aromatic rings. The van der Waals surface area contributed by atoms with Gasteiger partial charge < -0.3 is 24.8 Å². The maximum Gasteiger partial charge on any atom is 0.119 e. The summed E-state index contributed by atoms with van der Waals surface area (Å²) in [5.41, 5.74) is 2.28. The lowest BCUT2D eigenvalue weighted by molar-refractivity contribution is 0.125. The van der Waals surface area contributed by atoms with Gasteiger partial charge in [0.15, 0.2) is 0 Å². The summed E-state index contributed by atoms with van der Waals surface area (Å²) in [5.74, 6) is 1.82. The summed E-state index contributed by atoms with van der Waals surface area (Å²) in [6, 6.07) is 16.4. The topological polar surface area (TPSA) is 54.0 Å². The molecule has 0 aliphatic carbocycles. The number of nitrogens with one attached hydrogen (secondary N) is 1. The molecular formula is C27H41ClN2O3. The third-order valence-corrected chi connectivity index (χ3v) is 6.23. The van der Waals surface area contributed by atoms with Crippen LogP contribution in [-0.4, -0.2) is 67.9 Å². The Hall–Kier alpha value is -1.79. The Labute approximate surface area is 205 Å². The summed E-state index contributed by atoms with van der Waals surface area (Å²) in [6.07, 6.45) is 0.393. The standard InChI is InChI=1S/C25H35ClN2O3.C2H6/c1-25(2,21-6-10-24(11-7-21)31-19-22(29)18-26)20-4-8-23(9-5-20)30-17-3-14-28-15-12-27-13-16-28;1-2/h4-11,22,27,29H,3,12-19H2,1-2H3;1-2H3. The van der Waals surface area contributed by atoms with Gasteiger partial charge in [-0.15, -0.1) is 11.6 Å². The van der Waals surface area contributed by atoms with Crippen molar-refractivity contribution in [3.8, 4) is 11.5 Å². The van der Waals surface area contributed by atoms with Crippen LogP contribution in [0, 0.1) is 0 Å². The molecule has 1 saturated heterocycles. The first-order valence-corrected chi connectivity index (χ1v) is 12.7. The molecule has 0 saturated carbocycles. The lowest BCUT2D eigenvalue weighted by atomic mass is 9.78. The van der Waals surface area contributed by atoms with Gasteiger partial charge in [0.25, 0.3) is 0 Å². The van der Waals surface area contributed by atoms with Crippen molar-refractivity contribution < 1.29 is 14.6 Å². The van der Waals surface area contributed by atoms with Crippen molar-refractivity contribution in [3.63, 3.8) is 0 Å². The zero-order valence-electron chi connectivity index (χ0n) is 20.6. The van der Waals surface area contributed by atoms with Crippen LogP contribution in [0.1, 0.15) is 45.2 Å². The number of nitrogens with zero attached hydrogens (tertiary/aromatic N) is 1. The maximum atomic E-state index is 9.53. The lowest BCUT2D eigenvalue weighted by Gasteiger charge is -2.27. The molecule has 0 spiro atoms. The summed E-state index contributed by atoms with van der Waals surface area (Å²) in [6.45, 7) is 14.9.